The number of nitrogens with zero attached hydrogens (tertiary/aromatic N) is 6. The van der Waals surface area contributed by atoms with Gasteiger partial charge in [0.25, 0.3) is 0 Å². The first kappa shape index (κ1) is 19.8. The van der Waals surface area contributed by atoms with Crippen LogP contribution in [0, 0.1) is 0 Å². The number of nitrogens with one attached hydrogen (secondary N) is 1. The van der Waals surface area contributed by atoms with Crippen LogP contribution in [0.3, 0.4) is 0 Å². The topological polar surface area (TPSA) is 92.4 Å². The second-order valence-corrected chi connectivity index (χ2v) is 8.88. The Labute approximate surface area is 180 Å². The molecule has 5 rings (SSSR count). The van der Waals surface area contributed by atoms with Crippen LogP contribution in [0.2, 0.25) is 0 Å². The number of aryl methyl sites for hydroxylation is 5. The predicted octanol–water partition coefficient (Wildman–Crippen LogP) is 2.35. The first-order valence-electron chi connectivity index (χ1n) is 10.7. The van der Waals surface area contributed by atoms with E-state index in [1.807, 2.05) is 32.8 Å². The van der Waals surface area contributed by atoms with Gasteiger partial charge in [-0.05, 0) is 19.3 Å². The van der Waals surface area contributed by atoms with Crippen LogP contribution in [0.15, 0.2) is 4.42 Å². The van der Waals surface area contributed by atoms with Gasteiger partial charge in [-0.3, -0.25) is 9.36 Å². The lowest BCUT2D eigenvalue weighted by Crippen LogP contribution is -2.34. The summed E-state index contributed by atoms with van der Waals surface area (Å²) < 4.78 is 14.8. The Morgan fingerprint density at radius 3 is 2.32 bits per heavy atom. The van der Waals surface area contributed by atoms with Crippen molar-refractivity contribution in [1.29, 1.82) is 0 Å². The molecule has 3 aromatic heterocycles. The van der Waals surface area contributed by atoms with Gasteiger partial charge in [-0.1, -0.05) is 0 Å². The smallest absolute Gasteiger partial charge is 0.314 e. The number of rotatable bonds is 1. The van der Waals surface area contributed by atoms with Crippen molar-refractivity contribution in [3.05, 3.63) is 11.5 Å². The molecule has 0 saturated heterocycles. The fourth-order valence-electron chi connectivity index (χ4n) is 5.45. The summed E-state index contributed by atoms with van der Waals surface area (Å²) in [6.07, 6.45) is 2.62. The highest BCUT2D eigenvalue weighted by Crippen LogP contribution is 2.38. The fourth-order valence-corrected chi connectivity index (χ4v) is 5.45. The monoisotopic (exact) mass is 429 g/mol. The maximum absolute atomic E-state index is 12.0. The van der Waals surface area contributed by atoms with E-state index in [4.69, 9.17) is 4.42 Å². The van der Waals surface area contributed by atoms with Crippen LogP contribution in [0.4, 0.5) is 11.6 Å². The molecule has 0 spiro atoms. The summed E-state index contributed by atoms with van der Waals surface area (Å²) in [5, 5.41) is 9.81. The Morgan fingerprint density at radius 2 is 1.61 bits per heavy atom. The van der Waals surface area contributed by atoms with Crippen molar-refractivity contribution in [3.63, 3.8) is 0 Å². The number of anilines is 2. The third-order valence-corrected chi connectivity index (χ3v) is 6.93. The van der Waals surface area contributed by atoms with Crippen molar-refractivity contribution in [1.82, 2.24) is 23.3 Å². The number of carboxylic acids is 1. The van der Waals surface area contributed by atoms with Gasteiger partial charge < -0.3 is 38.0 Å². The summed E-state index contributed by atoms with van der Waals surface area (Å²) in [6.45, 7) is 1.70. The van der Waals surface area contributed by atoms with Gasteiger partial charge in [0.15, 0.2) is 22.7 Å². The Kier molecular flexibility index (Phi) is 4.25. The van der Waals surface area contributed by atoms with E-state index in [0.717, 1.165) is 42.1 Å². The lowest BCUT2D eigenvalue weighted by Gasteiger charge is -2.34. The molecule has 31 heavy (non-hydrogen) atoms. The number of fused-ring (bicyclic) bond motifs is 4. The summed E-state index contributed by atoms with van der Waals surface area (Å²) >= 11 is 0. The SMILES string of the molecule is CN1CCCc2[nH]c3c(n(C)c21)n(C)c1c(oc2c(n1C)N(C)CCC2C(=O)O)n3C. The maximum Gasteiger partial charge on any atom is 0.314 e. The van der Waals surface area contributed by atoms with Crippen molar-refractivity contribution in [2.75, 3.05) is 37.0 Å². The maximum atomic E-state index is 12.0. The minimum atomic E-state index is -0.847. The molecule has 2 aliphatic rings. The van der Waals surface area contributed by atoms with E-state index in [0.29, 0.717) is 24.4 Å². The van der Waals surface area contributed by atoms with Crippen molar-refractivity contribution in [2.45, 2.75) is 25.2 Å². The van der Waals surface area contributed by atoms with E-state index in [1.54, 1.807) is 0 Å². The fraction of sp³-hybridized carbons (Fsp3) is 0.571. The molecule has 0 bridgehead atoms. The molecule has 2 aliphatic heterocycles. The van der Waals surface area contributed by atoms with Crippen LogP contribution in [0.1, 0.15) is 30.2 Å². The number of carbonyl (C=O) groups is 1. The average molecular weight is 430 g/mol. The Morgan fingerprint density at radius 1 is 0.935 bits per heavy atom. The lowest BCUT2D eigenvalue weighted by molar-refractivity contribution is -0.139. The summed E-state index contributed by atoms with van der Waals surface area (Å²) in [7, 11) is 12.2. The number of H-pyrrole nitrogens is 1. The van der Waals surface area contributed by atoms with Crippen LogP contribution in [-0.2, 0) is 39.4 Å². The molecule has 168 valence electrons. The second kappa shape index (κ2) is 6.66. The number of aromatic amines is 1. The van der Waals surface area contributed by atoms with E-state index in [9.17, 15) is 9.90 Å². The number of hydrogen-bond acceptors (Lipinski definition) is 4. The van der Waals surface area contributed by atoms with E-state index in [2.05, 4.69) is 42.6 Å². The predicted molar refractivity (Wildman–Crippen MR) is 120 cm³/mol. The second-order valence-electron chi connectivity index (χ2n) is 8.88. The zero-order chi connectivity index (χ0) is 22.2. The minimum Gasteiger partial charge on any atom is -0.481 e. The number of carboxylic acid groups (broad SMARTS) is 1. The Hall–Kier alpha value is -3.17. The largest absolute Gasteiger partial charge is 0.481 e. The van der Waals surface area contributed by atoms with Gasteiger partial charge >= 0.3 is 5.97 Å². The molecule has 1 unspecified atom stereocenters. The van der Waals surface area contributed by atoms with Gasteiger partial charge in [0, 0.05) is 55.4 Å². The normalized spacial score (nSPS) is 18.5. The minimum absolute atomic E-state index is 0.508. The van der Waals surface area contributed by atoms with Gasteiger partial charge in [-0.25, -0.2) is 0 Å². The molecule has 3 aromatic rings. The molecule has 0 radical (unpaired) electrons. The Bertz CT molecular complexity index is 1290. The van der Waals surface area contributed by atoms with E-state index in [1.165, 1.54) is 11.5 Å². The highest BCUT2D eigenvalue weighted by atomic mass is 16.4. The van der Waals surface area contributed by atoms with Crippen molar-refractivity contribution in [2.24, 2.45) is 28.2 Å². The molecule has 0 aromatic carbocycles. The standard InChI is InChI=1S/C21H31N7O3/c1-23-10-7-8-13-16(23)26(4)18-15(22-13)25(3)20-19(28(18)6)27(5)17-14(31-20)12(21(29)30)9-11-24(17)2/h12,22H,7-11H2,1-6H3,(H,29,30). The number of hydrogen-bond donors (Lipinski definition) is 2. The lowest BCUT2D eigenvalue weighted by atomic mass is 9.98. The van der Waals surface area contributed by atoms with Crippen molar-refractivity contribution in [3.8, 4) is 0 Å². The van der Waals surface area contributed by atoms with Crippen LogP contribution < -0.4 is 9.80 Å². The molecule has 0 amide bonds. The summed E-state index contributed by atoms with van der Waals surface area (Å²) in [5.74, 6) is 1.01. The third kappa shape index (κ3) is 2.60. The number of aromatic nitrogens is 5. The molecule has 2 N–H and O–H groups in total. The summed E-state index contributed by atoms with van der Waals surface area (Å²) in [5.41, 5.74) is 4.68. The summed E-state index contributed by atoms with van der Waals surface area (Å²) in [6, 6.07) is 0. The van der Waals surface area contributed by atoms with E-state index in [-0.39, 0.29) is 0 Å². The zero-order valence-electron chi connectivity index (χ0n) is 19.1. The molecule has 0 saturated carbocycles. The van der Waals surface area contributed by atoms with Gasteiger partial charge in [-0.15, -0.1) is 0 Å². The van der Waals surface area contributed by atoms with Gasteiger partial charge in [0.2, 0.25) is 5.71 Å². The molecular weight excluding hydrogens is 398 g/mol. The van der Waals surface area contributed by atoms with Gasteiger partial charge in [-0.2, -0.15) is 0 Å². The highest BCUT2D eigenvalue weighted by molar-refractivity contribution is 5.84. The van der Waals surface area contributed by atoms with Crippen molar-refractivity contribution >= 4 is 40.3 Å². The van der Waals surface area contributed by atoms with Gasteiger partial charge in [0.1, 0.15) is 17.6 Å². The van der Waals surface area contributed by atoms with Crippen LogP contribution >= 0.6 is 0 Å². The quantitative estimate of drug-likeness (QED) is 0.580. The molecule has 0 fully saturated rings. The molecule has 0 aliphatic carbocycles. The van der Waals surface area contributed by atoms with Crippen LogP contribution in [0.5, 0.6) is 0 Å². The molecule has 10 heteroatoms. The first-order chi connectivity index (χ1) is 14.7. The van der Waals surface area contributed by atoms with E-state index < -0.39 is 11.9 Å². The average Bonchev–Trinajstić information content (AvgIpc) is 2.71. The van der Waals surface area contributed by atoms with Crippen LogP contribution in [0.25, 0.3) is 22.7 Å². The van der Waals surface area contributed by atoms with Crippen LogP contribution in [-0.4, -0.2) is 61.5 Å². The number of aliphatic carboxylic acids is 1. The van der Waals surface area contributed by atoms with E-state index >= 15 is 0 Å². The third-order valence-electron chi connectivity index (χ3n) is 6.93. The molecule has 5 heterocycles. The molecular formula is C21H31N7O3. The Balaban J connectivity index is 1.94. The zero-order valence-corrected chi connectivity index (χ0v) is 19.1. The molecule has 1 atom stereocenters. The summed E-state index contributed by atoms with van der Waals surface area (Å²) in [4.78, 5) is 20.0. The first-order valence-corrected chi connectivity index (χ1v) is 10.7. The highest BCUT2D eigenvalue weighted by Gasteiger charge is 2.35. The van der Waals surface area contributed by atoms with Crippen molar-refractivity contribution < 1.29 is 14.3 Å². The van der Waals surface area contributed by atoms with Gasteiger partial charge in [0.05, 0.1) is 5.69 Å². The molecule has 10 nitrogen and oxygen atoms in total.